The highest BCUT2D eigenvalue weighted by Gasteiger charge is 2.19. The van der Waals surface area contributed by atoms with Gasteiger partial charge in [0.05, 0.1) is 22.3 Å². The van der Waals surface area contributed by atoms with Gasteiger partial charge in [0.15, 0.2) is 0 Å². The SMILES string of the molecule is Oc1cnccc1-c1nc(-c2cccc(Cl)c2O)n2ccccc12. The van der Waals surface area contributed by atoms with Crippen LogP contribution in [0.4, 0.5) is 0 Å². The topological polar surface area (TPSA) is 70.7 Å². The van der Waals surface area contributed by atoms with Gasteiger partial charge in [-0.3, -0.25) is 9.38 Å². The fourth-order valence-electron chi connectivity index (χ4n) is 2.71. The maximum absolute atomic E-state index is 10.3. The summed E-state index contributed by atoms with van der Waals surface area (Å²) in [7, 11) is 0. The summed E-state index contributed by atoms with van der Waals surface area (Å²) in [6.45, 7) is 0. The smallest absolute Gasteiger partial charge is 0.149 e. The minimum absolute atomic E-state index is 0.0274. The van der Waals surface area contributed by atoms with Gasteiger partial charge in [-0.1, -0.05) is 23.7 Å². The molecule has 0 aliphatic rings. The molecule has 0 saturated heterocycles. The lowest BCUT2D eigenvalue weighted by Gasteiger charge is -2.05. The number of aromatic nitrogens is 3. The van der Waals surface area contributed by atoms with Crippen molar-refractivity contribution in [1.29, 1.82) is 0 Å². The number of phenolic OH excluding ortho intramolecular Hbond substituents is 1. The van der Waals surface area contributed by atoms with E-state index in [9.17, 15) is 10.2 Å². The van der Waals surface area contributed by atoms with Crippen molar-refractivity contribution in [3.8, 4) is 34.1 Å². The van der Waals surface area contributed by atoms with Crippen LogP contribution in [0.1, 0.15) is 0 Å². The summed E-state index contributed by atoms with van der Waals surface area (Å²) in [6.07, 6.45) is 4.82. The zero-order valence-corrected chi connectivity index (χ0v) is 13.1. The standard InChI is InChI=1S/C18H12ClN3O2/c19-13-5-3-4-12(17(13)24)18-21-16(11-7-8-20-10-15(11)23)14-6-1-2-9-22(14)18/h1-10,23-24H. The van der Waals surface area contributed by atoms with Crippen molar-refractivity contribution in [2.45, 2.75) is 0 Å². The number of fused-ring (bicyclic) bond motifs is 1. The molecule has 4 rings (SSSR count). The first kappa shape index (κ1) is 14.5. The van der Waals surface area contributed by atoms with E-state index in [1.54, 1.807) is 30.5 Å². The molecule has 2 N–H and O–H groups in total. The average molecular weight is 338 g/mol. The number of nitrogens with zero attached hydrogens (tertiary/aromatic N) is 3. The van der Waals surface area contributed by atoms with Crippen molar-refractivity contribution < 1.29 is 10.2 Å². The fourth-order valence-corrected chi connectivity index (χ4v) is 2.88. The van der Waals surface area contributed by atoms with Crippen LogP contribution in [0.3, 0.4) is 0 Å². The Labute approximate surface area is 142 Å². The van der Waals surface area contributed by atoms with Gasteiger partial charge in [0.1, 0.15) is 23.0 Å². The number of phenols is 1. The molecule has 118 valence electrons. The Morgan fingerprint density at radius 2 is 1.83 bits per heavy atom. The van der Waals surface area contributed by atoms with E-state index in [1.807, 2.05) is 28.8 Å². The van der Waals surface area contributed by atoms with Crippen molar-refractivity contribution in [2.24, 2.45) is 0 Å². The molecule has 0 radical (unpaired) electrons. The van der Waals surface area contributed by atoms with Gasteiger partial charge in [-0.2, -0.15) is 0 Å². The van der Waals surface area contributed by atoms with Gasteiger partial charge in [0.2, 0.25) is 0 Å². The Kier molecular flexibility index (Phi) is 3.36. The van der Waals surface area contributed by atoms with E-state index in [-0.39, 0.29) is 16.5 Å². The number of para-hydroxylation sites is 1. The molecule has 0 unspecified atom stereocenters. The second-order valence-electron chi connectivity index (χ2n) is 5.27. The van der Waals surface area contributed by atoms with Crippen LogP contribution in [0.15, 0.2) is 61.1 Å². The summed E-state index contributed by atoms with van der Waals surface area (Å²) in [5, 5.41) is 20.7. The second kappa shape index (κ2) is 5.54. The number of halogens is 1. The summed E-state index contributed by atoms with van der Waals surface area (Å²) >= 11 is 6.03. The van der Waals surface area contributed by atoms with E-state index >= 15 is 0 Å². The minimum Gasteiger partial charge on any atom is -0.506 e. The van der Waals surface area contributed by atoms with Crippen molar-refractivity contribution in [3.63, 3.8) is 0 Å². The van der Waals surface area contributed by atoms with Gasteiger partial charge in [-0.25, -0.2) is 4.98 Å². The first-order valence-electron chi connectivity index (χ1n) is 7.25. The van der Waals surface area contributed by atoms with Gasteiger partial charge in [0.25, 0.3) is 0 Å². The van der Waals surface area contributed by atoms with Crippen molar-refractivity contribution >= 4 is 17.1 Å². The van der Waals surface area contributed by atoms with E-state index in [4.69, 9.17) is 11.6 Å². The highest BCUT2D eigenvalue weighted by molar-refractivity contribution is 6.32. The zero-order chi connectivity index (χ0) is 16.7. The molecular formula is C18H12ClN3O2. The van der Waals surface area contributed by atoms with Crippen molar-refractivity contribution in [3.05, 3.63) is 66.1 Å². The molecule has 3 heterocycles. The Bertz CT molecular complexity index is 1060. The maximum Gasteiger partial charge on any atom is 0.149 e. The summed E-state index contributed by atoms with van der Waals surface area (Å²) in [4.78, 5) is 8.55. The van der Waals surface area contributed by atoms with Gasteiger partial charge in [0, 0.05) is 18.0 Å². The highest BCUT2D eigenvalue weighted by Crippen LogP contribution is 2.38. The summed E-state index contributed by atoms with van der Waals surface area (Å²) in [6, 6.07) is 12.5. The van der Waals surface area contributed by atoms with Crippen LogP contribution in [0.2, 0.25) is 5.02 Å². The number of hydrogen-bond donors (Lipinski definition) is 2. The Morgan fingerprint density at radius 3 is 2.67 bits per heavy atom. The maximum atomic E-state index is 10.3. The third-order valence-corrected chi connectivity index (χ3v) is 4.14. The average Bonchev–Trinajstić information content (AvgIpc) is 2.97. The summed E-state index contributed by atoms with van der Waals surface area (Å²) < 4.78 is 1.85. The molecule has 0 saturated carbocycles. The van der Waals surface area contributed by atoms with Crippen LogP contribution in [-0.4, -0.2) is 24.6 Å². The van der Waals surface area contributed by atoms with Crippen molar-refractivity contribution in [1.82, 2.24) is 14.4 Å². The van der Waals surface area contributed by atoms with E-state index in [0.717, 1.165) is 5.52 Å². The van der Waals surface area contributed by atoms with Gasteiger partial charge in [-0.05, 0) is 30.3 Å². The number of pyridine rings is 2. The predicted octanol–water partition coefficient (Wildman–Crippen LogP) is 4.13. The molecule has 6 heteroatoms. The summed E-state index contributed by atoms with van der Waals surface area (Å²) in [5.41, 5.74) is 2.49. The van der Waals surface area contributed by atoms with E-state index < -0.39 is 0 Å². The number of benzene rings is 1. The molecule has 0 aliphatic carbocycles. The lowest BCUT2D eigenvalue weighted by molar-refractivity contribution is 0.474. The molecule has 0 amide bonds. The van der Waals surface area contributed by atoms with Crippen LogP contribution >= 0.6 is 11.6 Å². The molecule has 1 aromatic carbocycles. The second-order valence-corrected chi connectivity index (χ2v) is 5.68. The zero-order valence-electron chi connectivity index (χ0n) is 12.4. The molecule has 3 aromatic heterocycles. The molecule has 5 nitrogen and oxygen atoms in total. The quantitative estimate of drug-likeness (QED) is 0.577. The first-order valence-corrected chi connectivity index (χ1v) is 7.63. The molecule has 24 heavy (non-hydrogen) atoms. The van der Waals surface area contributed by atoms with Crippen LogP contribution in [0.5, 0.6) is 11.5 Å². The number of rotatable bonds is 2. The molecular weight excluding hydrogens is 326 g/mol. The van der Waals surface area contributed by atoms with Crippen LogP contribution in [0, 0.1) is 0 Å². The molecule has 4 aromatic rings. The Morgan fingerprint density at radius 1 is 0.958 bits per heavy atom. The molecule has 0 bridgehead atoms. The fraction of sp³-hybridized carbons (Fsp3) is 0. The first-order chi connectivity index (χ1) is 11.7. The monoisotopic (exact) mass is 337 g/mol. The minimum atomic E-state index is -0.0274. The molecule has 0 fully saturated rings. The van der Waals surface area contributed by atoms with Crippen LogP contribution in [-0.2, 0) is 0 Å². The predicted molar refractivity (Wildman–Crippen MR) is 92.2 cm³/mol. The van der Waals surface area contributed by atoms with Crippen molar-refractivity contribution in [2.75, 3.05) is 0 Å². The number of aromatic hydroxyl groups is 2. The third-order valence-electron chi connectivity index (χ3n) is 3.83. The largest absolute Gasteiger partial charge is 0.506 e. The van der Waals surface area contributed by atoms with Gasteiger partial charge >= 0.3 is 0 Å². The Hall–Kier alpha value is -3.05. The lowest BCUT2D eigenvalue weighted by atomic mass is 10.1. The van der Waals surface area contributed by atoms with Gasteiger partial charge in [-0.15, -0.1) is 0 Å². The Balaban J connectivity index is 2.06. The molecule has 0 spiro atoms. The number of hydrogen-bond acceptors (Lipinski definition) is 4. The van der Waals surface area contributed by atoms with Crippen LogP contribution < -0.4 is 0 Å². The normalized spacial score (nSPS) is 11.0. The van der Waals surface area contributed by atoms with E-state index in [2.05, 4.69) is 9.97 Å². The highest BCUT2D eigenvalue weighted by atomic mass is 35.5. The molecule has 0 atom stereocenters. The molecule has 0 aliphatic heterocycles. The van der Waals surface area contributed by atoms with Crippen LogP contribution in [0.25, 0.3) is 28.2 Å². The van der Waals surface area contributed by atoms with Gasteiger partial charge < -0.3 is 10.2 Å². The number of imidazole rings is 1. The lowest BCUT2D eigenvalue weighted by Crippen LogP contribution is -1.89. The van der Waals surface area contributed by atoms with E-state index in [0.29, 0.717) is 22.6 Å². The third kappa shape index (κ3) is 2.18. The summed E-state index contributed by atoms with van der Waals surface area (Å²) in [5.74, 6) is 0.556. The van der Waals surface area contributed by atoms with E-state index in [1.165, 1.54) is 6.20 Å².